The molecule has 1 aromatic heterocycles. The van der Waals surface area contributed by atoms with Gasteiger partial charge in [0.05, 0.1) is 17.2 Å². The third-order valence-corrected chi connectivity index (χ3v) is 5.23. The minimum Gasteiger partial charge on any atom is -0.543 e. The molecule has 1 aromatic carbocycles. The molecule has 0 unspecified atom stereocenters. The van der Waals surface area contributed by atoms with Gasteiger partial charge >= 0.3 is 52.5 Å². The Morgan fingerprint density at radius 2 is 1.26 bits per heavy atom. The van der Waals surface area contributed by atoms with E-state index in [9.17, 15) is 35.1 Å². The van der Waals surface area contributed by atoms with Crippen LogP contribution in [0.1, 0.15) is 65.9 Å². The number of aromatic carboxylic acids is 1. The van der Waals surface area contributed by atoms with Gasteiger partial charge in [-0.1, -0.05) is 79.7 Å². The summed E-state index contributed by atoms with van der Waals surface area (Å²) in [5.41, 5.74) is 0.926. The molecule has 212 valence electrons. The number of unbranched alkanes of at least 4 members (excludes halogenated alkanes) is 1. The van der Waals surface area contributed by atoms with E-state index in [4.69, 9.17) is 0 Å². The first-order chi connectivity index (χ1) is 16.4. The van der Waals surface area contributed by atoms with Crippen molar-refractivity contribution in [2.45, 2.75) is 55.4 Å². The van der Waals surface area contributed by atoms with E-state index in [1.54, 1.807) is 24.5 Å². The Labute approximate surface area is 236 Å². The van der Waals surface area contributed by atoms with Gasteiger partial charge in [-0.05, 0) is 66.9 Å². The van der Waals surface area contributed by atoms with Gasteiger partial charge in [0.2, 0.25) is 0 Å². The van der Waals surface area contributed by atoms with E-state index in [2.05, 4.69) is 60.4 Å². The molecule has 0 amide bonds. The van der Waals surface area contributed by atoms with Gasteiger partial charge in [-0.15, -0.1) is 0 Å². The molecule has 0 spiro atoms. The van der Waals surface area contributed by atoms with Crippen molar-refractivity contribution in [2.75, 3.05) is 0 Å². The monoisotopic (exact) mass is 651 g/mol. The second-order valence-electron chi connectivity index (χ2n) is 9.33. The van der Waals surface area contributed by atoms with Crippen molar-refractivity contribution < 1.29 is 54.6 Å². The molecule has 38 heavy (non-hydrogen) atoms. The molecule has 1 aliphatic carbocycles. The van der Waals surface area contributed by atoms with Crippen molar-refractivity contribution in [1.82, 2.24) is 4.98 Å². The maximum atomic E-state index is 10.5. The van der Waals surface area contributed by atoms with E-state index in [1.807, 2.05) is 31.5 Å². The summed E-state index contributed by atoms with van der Waals surface area (Å²) in [7, 11) is -10.7. The van der Waals surface area contributed by atoms with Crippen LogP contribution in [0.4, 0.5) is 25.2 Å². The molecule has 0 atom stereocenters. The quantitative estimate of drug-likeness (QED) is 0.185. The molecule has 0 saturated heterocycles. The summed E-state index contributed by atoms with van der Waals surface area (Å²) in [6, 6.07) is 10.5. The SMILES string of the molecule is C[C]1[C](C)[C](C)[C](C(C)(C)C)[C]1C.F[P-](F)(F)(F)(F)F.O=C([O-])c1ccc2ccccc2n1.[CH2][CH][CH]C.[Ru+4]. The average molecular weight is 651 g/mol. The van der Waals surface area contributed by atoms with Gasteiger partial charge in [-0.3, -0.25) is 0 Å². The molecular weight excluding hydrogens is 616 g/mol. The number of nitrogens with zero attached hydrogens (tertiary/aromatic N) is 1. The Hall–Kier alpha value is -1.27. The van der Waals surface area contributed by atoms with Gasteiger partial charge in [0.1, 0.15) is 0 Å². The maximum absolute atomic E-state index is 10.7. The van der Waals surface area contributed by atoms with E-state index in [0.29, 0.717) is 5.52 Å². The molecule has 0 N–H and O–H groups in total. The van der Waals surface area contributed by atoms with Crippen LogP contribution in [-0.2, 0) is 19.5 Å². The molecular formula is C27H34F6NO2PRu+2. The van der Waals surface area contributed by atoms with E-state index >= 15 is 0 Å². The Bertz CT molecular complexity index is 985. The van der Waals surface area contributed by atoms with Crippen LogP contribution in [0.25, 0.3) is 10.9 Å². The van der Waals surface area contributed by atoms with E-state index in [-0.39, 0.29) is 30.6 Å². The van der Waals surface area contributed by atoms with Crippen molar-refractivity contribution >= 4 is 24.7 Å². The van der Waals surface area contributed by atoms with Gasteiger partial charge in [0, 0.05) is 5.39 Å². The molecule has 11 heteroatoms. The molecule has 0 bridgehead atoms. The largest absolute Gasteiger partial charge is 4.00 e. The smallest absolute Gasteiger partial charge is 0.543 e. The normalized spacial score (nSPS) is 17.4. The Kier molecular flexibility index (Phi) is 14.2. The van der Waals surface area contributed by atoms with Gasteiger partial charge in [0.25, 0.3) is 0 Å². The fourth-order valence-electron chi connectivity index (χ4n) is 3.52. The van der Waals surface area contributed by atoms with Crippen LogP contribution >= 0.6 is 7.81 Å². The molecule has 1 saturated carbocycles. The number of rotatable bonds is 2. The number of hydrogen-bond donors (Lipinski definition) is 0. The number of carbonyl (C=O) groups is 1. The van der Waals surface area contributed by atoms with Crippen LogP contribution in [0.5, 0.6) is 0 Å². The zero-order valence-electron chi connectivity index (χ0n) is 22.7. The summed E-state index contributed by atoms with van der Waals surface area (Å²) < 4.78 is 59.2. The fourth-order valence-corrected chi connectivity index (χ4v) is 3.52. The van der Waals surface area contributed by atoms with Crippen molar-refractivity contribution in [1.29, 1.82) is 0 Å². The summed E-state index contributed by atoms with van der Waals surface area (Å²) in [4.78, 5) is 14.4. The molecule has 1 fully saturated rings. The first-order valence-electron chi connectivity index (χ1n) is 11.2. The summed E-state index contributed by atoms with van der Waals surface area (Å²) >= 11 is 0. The number of benzene rings is 1. The number of aromatic nitrogens is 1. The van der Waals surface area contributed by atoms with Gasteiger partial charge in [0.15, 0.2) is 0 Å². The molecule has 1 aliphatic rings. The summed E-state index contributed by atoms with van der Waals surface area (Å²) in [6.45, 7) is 21.2. The van der Waals surface area contributed by atoms with Crippen LogP contribution in [0, 0.1) is 54.8 Å². The second-order valence-corrected chi connectivity index (χ2v) is 11.2. The number of carboxylic acid groups (broad SMARTS) is 1. The fraction of sp³-hybridized carbons (Fsp3) is 0.333. The van der Waals surface area contributed by atoms with Crippen LogP contribution < -0.4 is 5.11 Å². The van der Waals surface area contributed by atoms with E-state index < -0.39 is 13.8 Å². The van der Waals surface area contributed by atoms with Crippen LogP contribution in [0.2, 0.25) is 0 Å². The number of carbonyl (C=O) groups excluding carboxylic acids is 1. The zero-order valence-corrected chi connectivity index (χ0v) is 25.3. The van der Waals surface area contributed by atoms with E-state index in [1.165, 1.54) is 29.7 Å². The number of halogens is 6. The molecule has 0 aliphatic heterocycles. The van der Waals surface area contributed by atoms with Crippen molar-refractivity contribution in [3.05, 3.63) is 91.4 Å². The summed E-state index contributed by atoms with van der Waals surface area (Å²) in [6.07, 6.45) is 3.64. The predicted octanol–water partition coefficient (Wildman–Crippen LogP) is 9.23. The number of carboxylic acids is 1. The molecule has 8 radical (unpaired) electrons. The molecule has 1 heterocycles. The number of para-hydroxylation sites is 1. The Balaban J connectivity index is 0. The molecule has 2 aromatic rings. The minimum atomic E-state index is -10.7. The van der Waals surface area contributed by atoms with E-state index in [0.717, 1.165) is 5.39 Å². The topological polar surface area (TPSA) is 53.0 Å². The maximum Gasteiger partial charge on any atom is 4.00 e. The first-order valence-corrected chi connectivity index (χ1v) is 13.2. The third kappa shape index (κ3) is 16.0. The van der Waals surface area contributed by atoms with Crippen molar-refractivity contribution in [2.24, 2.45) is 5.41 Å². The minimum absolute atomic E-state index is 0. The summed E-state index contributed by atoms with van der Waals surface area (Å²) in [5, 5.41) is 11.4. The predicted molar refractivity (Wildman–Crippen MR) is 138 cm³/mol. The van der Waals surface area contributed by atoms with Crippen molar-refractivity contribution in [3.8, 4) is 0 Å². The number of pyridine rings is 1. The van der Waals surface area contributed by atoms with Crippen LogP contribution in [0.3, 0.4) is 0 Å². The molecule has 3 nitrogen and oxygen atoms in total. The van der Waals surface area contributed by atoms with Gasteiger partial charge < -0.3 is 9.90 Å². The Morgan fingerprint density at radius 1 is 0.868 bits per heavy atom. The average Bonchev–Trinajstić information content (AvgIpc) is 2.94. The standard InChI is InChI=1S/C13H21.C10H7NO2.C4H7.F6P.Ru/c1-8-9(2)11(4)12(10(8)3)13(5,6)7;12-10(13)9-6-5-7-3-1-2-4-8(7)11-9;1-3-4-2;1-7(2,3,4,5)6;/h1-7H3;1-6H,(H,12,13);3-4H,1H2,2H3;;/q;;;-1;+4/p-1. The summed E-state index contributed by atoms with van der Waals surface area (Å²) in [5.74, 6) is 6.23. The first kappa shape index (κ1) is 38.9. The second kappa shape index (κ2) is 13.9. The Morgan fingerprint density at radius 3 is 1.58 bits per heavy atom. The number of fused-ring (bicyclic) bond motifs is 1. The van der Waals surface area contributed by atoms with Crippen molar-refractivity contribution in [3.63, 3.8) is 0 Å². The molecule has 3 rings (SSSR count). The third-order valence-electron chi connectivity index (χ3n) is 5.23. The number of hydrogen-bond acceptors (Lipinski definition) is 3. The zero-order chi connectivity index (χ0) is 29.5. The van der Waals surface area contributed by atoms with Crippen LogP contribution in [0.15, 0.2) is 36.4 Å². The van der Waals surface area contributed by atoms with Gasteiger partial charge in [-0.2, -0.15) is 0 Å². The van der Waals surface area contributed by atoms with Crippen LogP contribution in [-0.4, -0.2) is 11.0 Å². The van der Waals surface area contributed by atoms with Gasteiger partial charge in [-0.25, -0.2) is 4.98 Å².